The van der Waals surface area contributed by atoms with E-state index >= 15 is 0 Å². The number of sulfonamides is 1. The van der Waals surface area contributed by atoms with Crippen LogP contribution in [0.3, 0.4) is 0 Å². The van der Waals surface area contributed by atoms with E-state index in [0.29, 0.717) is 0 Å². The highest BCUT2D eigenvalue weighted by molar-refractivity contribution is 7.89. The zero-order valence-corrected chi connectivity index (χ0v) is 12.2. The van der Waals surface area contributed by atoms with E-state index in [1.54, 1.807) is 24.3 Å². The first-order valence-electron chi connectivity index (χ1n) is 6.45. The lowest BCUT2D eigenvalue weighted by Crippen LogP contribution is -2.29. The van der Waals surface area contributed by atoms with Gasteiger partial charge in [0.05, 0.1) is 16.9 Å². The summed E-state index contributed by atoms with van der Waals surface area (Å²) in [5.41, 5.74) is 1.01. The number of unbranched alkanes of at least 4 members (excludes halogenated alkanes) is 1. The van der Waals surface area contributed by atoms with Crippen molar-refractivity contribution in [3.8, 4) is 6.07 Å². The first-order valence-corrected chi connectivity index (χ1v) is 7.94. The summed E-state index contributed by atoms with van der Waals surface area (Å²) in [4.78, 5) is 0.241. The Morgan fingerprint density at radius 2 is 1.95 bits per heavy atom. The fourth-order valence-electron chi connectivity index (χ4n) is 1.67. The molecule has 0 aliphatic carbocycles. The topological polar surface area (TPSA) is 70.0 Å². The fraction of sp³-hybridized carbons (Fsp3) is 0.500. The van der Waals surface area contributed by atoms with Crippen LogP contribution < -0.4 is 4.72 Å². The second-order valence-electron chi connectivity index (χ2n) is 4.63. The maximum absolute atomic E-state index is 12.0. The molecule has 5 heteroatoms. The normalized spacial score (nSPS) is 12.9. The van der Waals surface area contributed by atoms with Gasteiger partial charge >= 0.3 is 0 Å². The molecular weight excluding hydrogens is 260 g/mol. The van der Waals surface area contributed by atoms with Gasteiger partial charge in [0, 0.05) is 6.54 Å². The molecule has 0 bridgehead atoms. The van der Waals surface area contributed by atoms with Crippen LogP contribution in [0.2, 0.25) is 0 Å². The molecule has 0 aliphatic heterocycles. The predicted octanol–water partition coefficient (Wildman–Crippen LogP) is 2.60. The van der Waals surface area contributed by atoms with Gasteiger partial charge in [-0.25, -0.2) is 13.1 Å². The number of nitrogens with one attached hydrogen (secondary N) is 1. The summed E-state index contributed by atoms with van der Waals surface area (Å²) < 4.78 is 26.5. The molecular formula is C14H20N2O2S. The molecule has 1 aromatic carbocycles. The molecule has 0 aliphatic rings. The van der Waals surface area contributed by atoms with E-state index in [4.69, 9.17) is 5.26 Å². The van der Waals surface area contributed by atoms with Gasteiger partial charge in [0.25, 0.3) is 0 Å². The van der Waals surface area contributed by atoms with E-state index in [2.05, 4.69) is 10.8 Å². The lowest BCUT2D eigenvalue weighted by molar-refractivity contribution is 0.535. The number of nitriles is 1. The first kappa shape index (κ1) is 15.7. The Labute approximate surface area is 115 Å². The predicted molar refractivity (Wildman–Crippen MR) is 75.0 cm³/mol. The first-order chi connectivity index (χ1) is 8.99. The molecule has 0 spiro atoms. The minimum Gasteiger partial charge on any atom is -0.210 e. The van der Waals surface area contributed by atoms with Crippen molar-refractivity contribution in [3.63, 3.8) is 0 Å². The molecule has 1 unspecified atom stereocenters. The van der Waals surface area contributed by atoms with E-state index in [9.17, 15) is 8.42 Å². The van der Waals surface area contributed by atoms with Crippen LogP contribution in [-0.4, -0.2) is 15.0 Å². The largest absolute Gasteiger partial charge is 0.240 e. The molecule has 0 aromatic heterocycles. The summed E-state index contributed by atoms with van der Waals surface area (Å²) in [6, 6.07) is 8.81. The Morgan fingerprint density at radius 1 is 1.32 bits per heavy atom. The molecule has 1 atom stereocenters. The van der Waals surface area contributed by atoms with Gasteiger partial charge in [0.1, 0.15) is 0 Å². The second kappa shape index (κ2) is 7.27. The van der Waals surface area contributed by atoms with E-state index < -0.39 is 10.0 Å². The Hall–Kier alpha value is -1.38. The minimum absolute atomic E-state index is 0.173. The van der Waals surface area contributed by atoms with Gasteiger partial charge < -0.3 is 0 Å². The number of nitrogens with zero attached hydrogens (tertiary/aromatic N) is 1. The Balaban J connectivity index is 2.65. The molecule has 0 fully saturated rings. The monoisotopic (exact) mass is 280 g/mol. The molecule has 0 heterocycles. The maximum atomic E-state index is 12.0. The van der Waals surface area contributed by atoms with Crippen LogP contribution in [0.5, 0.6) is 0 Å². The number of hydrogen-bond donors (Lipinski definition) is 1. The van der Waals surface area contributed by atoms with Crippen LogP contribution in [0.4, 0.5) is 0 Å². The van der Waals surface area contributed by atoms with Gasteiger partial charge in [0.15, 0.2) is 0 Å². The van der Waals surface area contributed by atoms with Crippen molar-refractivity contribution in [2.24, 2.45) is 5.92 Å². The summed E-state index contributed by atoms with van der Waals surface area (Å²) >= 11 is 0. The Kier molecular flexibility index (Phi) is 6.00. The number of hydrogen-bond acceptors (Lipinski definition) is 3. The molecule has 0 saturated carbocycles. The summed E-state index contributed by atoms with van der Waals surface area (Å²) in [7, 11) is -3.51. The molecule has 1 rings (SSSR count). The third-order valence-corrected chi connectivity index (χ3v) is 4.38. The summed E-state index contributed by atoms with van der Waals surface area (Å²) in [6.45, 7) is 4.12. The lowest BCUT2D eigenvalue weighted by atomic mass is 10.0. The lowest BCUT2D eigenvalue weighted by Gasteiger charge is -2.10. The standard InChI is InChI=1S/C14H20N2O2S/c1-3-4-5-13(10-15)11-16-19(17,18)14-8-6-12(2)7-9-14/h6-9,13,16H,3-5,11H2,1-2H3. The average Bonchev–Trinajstić information content (AvgIpc) is 2.39. The molecule has 19 heavy (non-hydrogen) atoms. The van der Waals surface area contributed by atoms with Crippen LogP contribution >= 0.6 is 0 Å². The van der Waals surface area contributed by atoms with Crippen molar-refractivity contribution in [1.82, 2.24) is 4.72 Å². The number of aryl methyl sites for hydroxylation is 1. The van der Waals surface area contributed by atoms with Crippen LogP contribution in [0.15, 0.2) is 29.2 Å². The van der Waals surface area contributed by atoms with Crippen molar-refractivity contribution in [2.45, 2.75) is 38.0 Å². The zero-order chi connectivity index (χ0) is 14.3. The average molecular weight is 280 g/mol. The van der Waals surface area contributed by atoms with Crippen LogP contribution in [0.1, 0.15) is 31.7 Å². The Morgan fingerprint density at radius 3 is 2.47 bits per heavy atom. The Bertz CT molecular complexity index is 530. The molecule has 0 amide bonds. The van der Waals surface area contributed by atoms with Crippen molar-refractivity contribution in [3.05, 3.63) is 29.8 Å². The summed E-state index contributed by atoms with van der Waals surface area (Å²) in [5, 5.41) is 8.97. The van der Waals surface area contributed by atoms with E-state index in [0.717, 1.165) is 24.8 Å². The fourth-order valence-corrected chi connectivity index (χ4v) is 2.76. The van der Waals surface area contributed by atoms with Gasteiger partial charge in [0.2, 0.25) is 10.0 Å². The molecule has 1 aromatic rings. The molecule has 1 N–H and O–H groups in total. The smallest absolute Gasteiger partial charge is 0.210 e. The van der Waals surface area contributed by atoms with Gasteiger partial charge in [-0.15, -0.1) is 0 Å². The van der Waals surface area contributed by atoms with E-state index in [1.165, 1.54) is 0 Å². The highest BCUT2D eigenvalue weighted by Crippen LogP contribution is 2.12. The minimum atomic E-state index is -3.51. The molecule has 0 radical (unpaired) electrons. The quantitative estimate of drug-likeness (QED) is 0.834. The third kappa shape index (κ3) is 5.01. The molecule has 0 saturated heterocycles. The van der Waals surface area contributed by atoms with Crippen LogP contribution in [-0.2, 0) is 10.0 Å². The van der Waals surface area contributed by atoms with Gasteiger partial charge in [-0.1, -0.05) is 37.5 Å². The maximum Gasteiger partial charge on any atom is 0.240 e. The molecule has 104 valence electrons. The number of benzene rings is 1. The SMILES string of the molecule is CCCCC(C#N)CNS(=O)(=O)c1ccc(C)cc1. The molecule has 4 nitrogen and oxygen atoms in total. The highest BCUT2D eigenvalue weighted by Gasteiger charge is 2.16. The van der Waals surface area contributed by atoms with Crippen LogP contribution in [0.25, 0.3) is 0 Å². The van der Waals surface area contributed by atoms with Crippen molar-refractivity contribution >= 4 is 10.0 Å². The summed E-state index contributed by atoms with van der Waals surface area (Å²) in [6.07, 6.45) is 2.66. The summed E-state index contributed by atoms with van der Waals surface area (Å²) in [5.74, 6) is -0.264. The second-order valence-corrected chi connectivity index (χ2v) is 6.40. The zero-order valence-electron chi connectivity index (χ0n) is 11.4. The van der Waals surface area contributed by atoms with Gasteiger partial charge in [-0.05, 0) is 25.5 Å². The van der Waals surface area contributed by atoms with Crippen LogP contribution in [0, 0.1) is 24.2 Å². The van der Waals surface area contributed by atoms with E-state index in [1.807, 2.05) is 13.8 Å². The third-order valence-electron chi connectivity index (χ3n) is 2.94. The van der Waals surface area contributed by atoms with Gasteiger partial charge in [-0.2, -0.15) is 5.26 Å². The van der Waals surface area contributed by atoms with Crippen molar-refractivity contribution < 1.29 is 8.42 Å². The van der Waals surface area contributed by atoms with Crippen molar-refractivity contribution in [2.75, 3.05) is 6.54 Å². The van der Waals surface area contributed by atoms with E-state index in [-0.39, 0.29) is 17.4 Å². The highest BCUT2D eigenvalue weighted by atomic mass is 32.2. The number of rotatable bonds is 7. The van der Waals surface area contributed by atoms with Crippen molar-refractivity contribution in [1.29, 1.82) is 5.26 Å². The van der Waals surface area contributed by atoms with Gasteiger partial charge in [-0.3, -0.25) is 0 Å².